The molecular formula is C11H8F3NO2. The molecule has 0 amide bonds. The van der Waals surface area contributed by atoms with Gasteiger partial charge < -0.3 is 9.72 Å². The molecule has 0 atom stereocenters. The predicted octanol–water partition coefficient (Wildman–Crippen LogP) is 2.47. The number of pyridine rings is 1. The van der Waals surface area contributed by atoms with Crippen molar-refractivity contribution in [2.75, 3.05) is 6.67 Å². The van der Waals surface area contributed by atoms with Crippen LogP contribution >= 0.6 is 0 Å². The van der Waals surface area contributed by atoms with E-state index in [2.05, 4.69) is 9.72 Å². The SMILES string of the molecule is O=c1cc(OC(F)(F)CF)[nH]c2ccccc12. The van der Waals surface area contributed by atoms with Crippen LogP contribution in [-0.4, -0.2) is 17.8 Å². The van der Waals surface area contributed by atoms with Crippen LogP contribution in [0.4, 0.5) is 13.2 Å². The third kappa shape index (κ3) is 2.41. The van der Waals surface area contributed by atoms with Crippen molar-refractivity contribution in [1.82, 2.24) is 4.98 Å². The number of aromatic nitrogens is 1. The number of nitrogens with one attached hydrogen (secondary N) is 1. The maximum absolute atomic E-state index is 12.7. The molecule has 0 fully saturated rings. The number of hydrogen-bond acceptors (Lipinski definition) is 2. The summed E-state index contributed by atoms with van der Waals surface area (Å²) < 4.78 is 41.3. The summed E-state index contributed by atoms with van der Waals surface area (Å²) in [5.41, 5.74) is -0.117. The predicted molar refractivity (Wildman–Crippen MR) is 56.1 cm³/mol. The summed E-state index contributed by atoms with van der Waals surface area (Å²) in [5.74, 6) is -0.462. The van der Waals surface area contributed by atoms with Crippen LogP contribution in [0.1, 0.15) is 0 Å². The molecule has 1 aromatic heterocycles. The van der Waals surface area contributed by atoms with Gasteiger partial charge in [-0.1, -0.05) is 12.1 Å². The Kier molecular flexibility index (Phi) is 2.79. The van der Waals surface area contributed by atoms with Crippen molar-refractivity contribution in [3.8, 4) is 5.88 Å². The number of rotatable bonds is 3. The van der Waals surface area contributed by atoms with E-state index < -0.39 is 24.1 Å². The number of halogens is 3. The number of alkyl halides is 3. The lowest BCUT2D eigenvalue weighted by Gasteiger charge is -2.14. The Bertz CT molecular complexity index is 595. The minimum Gasteiger partial charge on any atom is -0.415 e. The normalized spacial score (nSPS) is 11.7. The van der Waals surface area contributed by atoms with E-state index in [1.165, 1.54) is 6.07 Å². The van der Waals surface area contributed by atoms with Crippen LogP contribution in [0.5, 0.6) is 5.88 Å². The van der Waals surface area contributed by atoms with Crippen LogP contribution in [-0.2, 0) is 0 Å². The highest BCUT2D eigenvalue weighted by molar-refractivity contribution is 5.78. The van der Waals surface area contributed by atoms with Gasteiger partial charge in [-0.25, -0.2) is 4.39 Å². The summed E-state index contributed by atoms with van der Waals surface area (Å²) in [6.07, 6.45) is -3.94. The van der Waals surface area contributed by atoms with Crippen LogP contribution in [0.15, 0.2) is 35.1 Å². The van der Waals surface area contributed by atoms with Crippen LogP contribution in [0.25, 0.3) is 10.9 Å². The molecule has 0 saturated carbocycles. The van der Waals surface area contributed by atoms with Crippen molar-refractivity contribution in [1.29, 1.82) is 0 Å². The van der Waals surface area contributed by atoms with E-state index in [1.807, 2.05) is 0 Å². The number of aromatic amines is 1. The molecule has 2 rings (SSSR count). The van der Waals surface area contributed by atoms with E-state index in [0.29, 0.717) is 10.9 Å². The van der Waals surface area contributed by atoms with Gasteiger partial charge in [0.2, 0.25) is 5.88 Å². The number of para-hydroxylation sites is 1. The molecule has 1 N–H and O–H groups in total. The van der Waals surface area contributed by atoms with Gasteiger partial charge in [0, 0.05) is 11.5 Å². The first-order valence-corrected chi connectivity index (χ1v) is 4.77. The average molecular weight is 243 g/mol. The first-order chi connectivity index (χ1) is 8.02. The standard InChI is InChI=1S/C11H8F3NO2/c12-6-11(13,14)17-10-5-9(16)7-3-1-2-4-8(7)15-10/h1-5H,6H2,(H,15,16). The second kappa shape index (κ2) is 4.12. The van der Waals surface area contributed by atoms with Gasteiger partial charge in [-0.05, 0) is 12.1 Å². The number of hydrogen-bond donors (Lipinski definition) is 1. The molecule has 0 aliphatic carbocycles. The zero-order valence-corrected chi connectivity index (χ0v) is 8.54. The summed E-state index contributed by atoms with van der Waals surface area (Å²) in [6, 6.07) is 7.23. The minimum atomic E-state index is -3.94. The second-order valence-corrected chi connectivity index (χ2v) is 3.42. The summed E-state index contributed by atoms with van der Waals surface area (Å²) >= 11 is 0. The Morgan fingerprint density at radius 3 is 2.71 bits per heavy atom. The molecule has 3 nitrogen and oxygen atoms in total. The topological polar surface area (TPSA) is 42.1 Å². The maximum atomic E-state index is 12.7. The highest BCUT2D eigenvalue weighted by Crippen LogP contribution is 2.20. The van der Waals surface area contributed by atoms with Gasteiger partial charge in [0.25, 0.3) is 0 Å². The molecule has 2 aromatic rings. The molecule has 0 spiro atoms. The number of benzene rings is 1. The maximum Gasteiger partial charge on any atom is 0.428 e. The monoisotopic (exact) mass is 243 g/mol. The van der Waals surface area contributed by atoms with Gasteiger partial charge in [0.1, 0.15) is 0 Å². The Hall–Kier alpha value is -1.98. The van der Waals surface area contributed by atoms with Crippen LogP contribution in [0.3, 0.4) is 0 Å². The van der Waals surface area contributed by atoms with Gasteiger partial charge in [-0.15, -0.1) is 0 Å². The van der Waals surface area contributed by atoms with Gasteiger partial charge >= 0.3 is 6.11 Å². The average Bonchev–Trinajstić information content (AvgIpc) is 2.28. The largest absolute Gasteiger partial charge is 0.428 e. The molecule has 1 heterocycles. The Morgan fingerprint density at radius 1 is 1.29 bits per heavy atom. The fourth-order valence-electron chi connectivity index (χ4n) is 1.42. The zero-order valence-electron chi connectivity index (χ0n) is 8.54. The third-order valence-corrected chi connectivity index (χ3v) is 2.13. The van der Waals surface area contributed by atoms with E-state index in [1.54, 1.807) is 18.2 Å². The van der Waals surface area contributed by atoms with Crippen molar-refractivity contribution >= 4 is 10.9 Å². The highest BCUT2D eigenvalue weighted by Gasteiger charge is 2.32. The van der Waals surface area contributed by atoms with E-state index >= 15 is 0 Å². The van der Waals surface area contributed by atoms with Crippen LogP contribution in [0, 0.1) is 0 Å². The van der Waals surface area contributed by atoms with Gasteiger partial charge in [0.05, 0.1) is 5.52 Å². The summed E-state index contributed by atoms with van der Waals surface area (Å²) in [4.78, 5) is 14.0. The molecule has 0 bridgehead atoms. The molecule has 90 valence electrons. The molecule has 0 aliphatic heterocycles. The molecule has 17 heavy (non-hydrogen) atoms. The Morgan fingerprint density at radius 2 is 2.00 bits per heavy atom. The molecule has 0 saturated heterocycles. The Balaban J connectivity index is 2.47. The third-order valence-electron chi connectivity index (χ3n) is 2.13. The number of H-pyrrole nitrogens is 1. The second-order valence-electron chi connectivity index (χ2n) is 3.42. The minimum absolute atomic E-state index is 0.350. The van der Waals surface area contributed by atoms with Crippen LogP contribution < -0.4 is 10.2 Å². The highest BCUT2D eigenvalue weighted by atomic mass is 19.3. The van der Waals surface area contributed by atoms with Crippen molar-refractivity contribution < 1.29 is 17.9 Å². The lowest BCUT2D eigenvalue weighted by Crippen LogP contribution is -2.28. The summed E-state index contributed by atoms with van der Waals surface area (Å²) in [6.45, 7) is -1.96. The van der Waals surface area contributed by atoms with Gasteiger partial charge in [-0.3, -0.25) is 4.79 Å². The summed E-state index contributed by atoms with van der Waals surface area (Å²) in [5, 5.41) is 0.350. The molecule has 0 unspecified atom stereocenters. The van der Waals surface area contributed by atoms with Gasteiger partial charge in [0.15, 0.2) is 12.1 Å². The quantitative estimate of drug-likeness (QED) is 0.899. The fraction of sp³-hybridized carbons (Fsp3) is 0.182. The molecular weight excluding hydrogens is 235 g/mol. The van der Waals surface area contributed by atoms with Gasteiger partial charge in [-0.2, -0.15) is 8.78 Å². The zero-order chi connectivity index (χ0) is 12.5. The lowest BCUT2D eigenvalue weighted by atomic mass is 10.2. The first-order valence-electron chi connectivity index (χ1n) is 4.77. The Labute approximate surface area is 93.8 Å². The van der Waals surface area contributed by atoms with Crippen LogP contribution in [0.2, 0.25) is 0 Å². The summed E-state index contributed by atoms with van der Waals surface area (Å²) in [7, 11) is 0. The molecule has 0 radical (unpaired) electrons. The molecule has 0 aliphatic rings. The first kappa shape index (κ1) is 11.5. The number of fused-ring (bicyclic) bond motifs is 1. The van der Waals surface area contributed by atoms with Crippen molar-refractivity contribution in [3.63, 3.8) is 0 Å². The lowest BCUT2D eigenvalue weighted by molar-refractivity contribution is -0.188. The van der Waals surface area contributed by atoms with E-state index in [9.17, 15) is 18.0 Å². The van der Waals surface area contributed by atoms with E-state index in [0.717, 1.165) is 6.07 Å². The van der Waals surface area contributed by atoms with E-state index in [-0.39, 0.29) is 0 Å². The number of ether oxygens (including phenoxy) is 1. The smallest absolute Gasteiger partial charge is 0.415 e. The van der Waals surface area contributed by atoms with Crippen molar-refractivity contribution in [2.45, 2.75) is 6.11 Å². The van der Waals surface area contributed by atoms with E-state index in [4.69, 9.17) is 0 Å². The molecule has 1 aromatic carbocycles. The fourth-order valence-corrected chi connectivity index (χ4v) is 1.42. The van der Waals surface area contributed by atoms with Crippen molar-refractivity contribution in [2.24, 2.45) is 0 Å². The molecule has 6 heteroatoms. The van der Waals surface area contributed by atoms with Crippen molar-refractivity contribution in [3.05, 3.63) is 40.6 Å².